The molecular formula is C22H14O5. The number of hydrogen-bond donors (Lipinski definition) is 0. The summed E-state index contributed by atoms with van der Waals surface area (Å²) >= 11 is 0. The Kier molecular flexibility index (Phi) is 4.41. The molecule has 0 aliphatic rings. The van der Waals surface area contributed by atoms with Crippen molar-refractivity contribution in [2.75, 3.05) is 0 Å². The van der Waals surface area contributed by atoms with E-state index in [-0.39, 0.29) is 11.3 Å². The van der Waals surface area contributed by atoms with Crippen molar-refractivity contribution in [2.45, 2.75) is 0 Å². The Bertz CT molecular complexity index is 1030. The van der Waals surface area contributed by atoms with Gasteiger partial charge in [0.25, 0.3) is 0 Å². The fourth-order valence-electron chi connectivity index (χ4n) is 2.61. The maximum atomic E-state index is 11.0. The van der Waals surface area contributed by atoms with Crippen LogP contribution in [0.15, 0.2) is 104 Å². The van der Waals surface area contributed by atoms with Crippen molar-refractivity contribution in [3.8, 4) is 33.8 Å². The highest BCUT2D eigenvalue weighted by atomic mass is 16.5. The molecule has 0 amide bonds. The molecule has 4 aromatic rings. The third kappa shape index (κ3) is 3.88. The van der Waals surface area contributed by atoms with E-state index < -0.39 is 0 Å². The van der Waals surface area contributed by atoms with Gasteiger partial charge in [-0.15, -0.1) is 0 Å². The van der Waals surface area contributed by atoms with E-state index in [1.165, 1.54) is 24.7 Å². The second-order valence-corrected chi connectivity index (χ2v) is 5.84. The quantitative estimate of drug-likeness (QED) is 0.528. The molecule has 0 bridgehead atoms. The number of benzene rings is 2. The first-order valence-corrected chi connectivity index (χ1v) is 8.24. The van der Waals surface area contributed by atoms with Gasteiger partial charge in [-0.3, -0.25) is 0 Å². The average Bonchev–Trinajstić information content (AvgIpc) is 2.71. The van der Waals surface area contributed by atoms with Crippen LogP contribution in [0.25, 0.3) is 22.3 Å². The minimum atomic E-state index is -0.375. The van der Waals surface area contributed by atoms with Crippen LogP contribution in [0.3, 0.4) is 0 Å². The Hall–Kier alpha value is -3.86. The maximum Gasteiger partial charge on any atom is 0.335 e. The molecule has 2 aromatic heterocycles. The van der Waals surface area contributed by atoms with Crippen molar-refractivity contribution in [1.82, 2.24) is 0 Å². The summed E-state index contributed by atoms with van der Waals surface area (Å²) < 4.78 is 15.6. The van der Waals surface area contributed by atoms with E-state index in [1.807, 2.05) is 48.5 Å². The smallest absolute Gasteiger partial charge is 0.335 e. The molecule has 2 heterocycles. The topological polar surface area (TPSA) is 69.7 Å². The van der Waals surface area contributed by atoms with Crippen LogP contribution >= 0.6 is 0 Å². The van der Waals surface area contributed by atoms with Gasteiger partial charge in [-0.05, 0) is 47.5 Å². The standard InChI is InChI=1S/C22H14O5/c23-21-11-5-17(13-25-21)15-1-7-19(8-2-15)27-20-9-3-16(4-10-20)18-6-12-22(24)26-14-18/h1-14H. The van der Waals surface area contributed by atoms with E-state index in [1.54, 1.807) is 12.1 Å². The lowest BCUT2D eigenvalue weighted by Crippen LogP contribution is -1.94. The van der Waals surface area contributed by atoms with Crippen LogP contribution in [0.2, 0.25) is 0 Å². The van der Waals surface area contributed by atoms with E-state index in [0.29, 0.717) is 11.5 Å². The summed E-state index contributed by atoms with van der Waals surface area (Å²) in [7, 11) is 0. The third-order valence-electron chi connectivity index (χ3n) is 4.01. The van der Waals surface area contributed by atoms with Crippen molar-refractivity contribution in [3.63, 3.8) is 0 Å². The van der Waals surface area contributed by atoms with Gasteiger partial charge in [0, 0.05) is 23.3 Å². The fraction of sp³-hybridized carbons (Fsp3) is 0. The summed E-state index contributed by atoms with van der Waals surface area (Å²) in [5, 5.41) is 0. The molecule has 0 saturated carbocycles. The zero-order valence-corrected chi connectivity index (χ0v) is 14.1. The Morgan fingerprint density at radius 2 is 0.852 bits per heavy atom. The maximum absolute atomic E-state index is 11.0. The minimum absolute atomic E-state index is 0.375. The van der Waals surface area contributed by atoms with Crippen LogP contribution in [0.1, 0.15) is 0 Å². The van der Waals surface area contributed by atoms with Crippen molar-refractivity contribution >= 4 is 0 Å². The Labute approximate surface area is 154 Å². The summed E-state index contributed by atoms with van der Waals surface area (Å²) in [5.41, 5.74) is 2.73. The highest BCUT2D eigenvalue weighted by Crippen LogP contribution is 2.27. The second kappa shape index (κ2) is 7.17. The van der Waals surface area contributed by atoms with Crippen molar-refractivity contribution in [2.24, 2.45) is 0 Å². The molecule has 0 spiro atoms. The summed E-state index contributed by atoms with van der Waals surface area (Å²) in [6.07, 6.45) is 2.87. The van der Waals surface area contributed by atoms with E-state index in [2.05, 4.69) is 0 Å². The van der Waals surface area contributed by atoms with E-state index >= 15 is 0 Å². The molecule has 5 heteroatoms. The molecule has 132 valence electrons. The van der Waals surface area contributed by atoms with Gasteiger partial charge in [0.05, 0.1) is 0 Å². The predicted octanol–water partition coefficient (Wildman–Crippen LogP) is 4.72. The molecule has 0 atom stereocenters. The number of ether oxygens (including phenoxy) is 1. The van der Waals surface area contributed by atoms with Gasteiger partial charge in [0.15, 0.2) is 0 Å². The van der Waals surface area contributed by atoms with Crippen molar-refractivity contribution in [3.05, 3.63) is 106 Å². The SMILES string of the molecule is O=c1ccc(-c2ccc(Oc3ccc(-c4ccc(=O)oc4)cc3)cc2)co1. The van der Waals surface area contributed by atoms with Crippen molar-refractivity contribution < 1.29 is 13.6 Å². The van der Waals surface area contributed by atoms with Gasteiger partial charge < -0.3 is 13.6 Å². The zero-order chi connectivity index (χ0) is 18.6. The van der Waals surface area contributed by atoms with Crippen LogP contribution in [0.4, 0.5) is 0 Å². The summed E-state index contributed by atoms with van der Waals surface area (Å²) in [4.78, 5) is 22.1. The molecule has 0 aliphatic heterocycles. The monoisotopic (exact) mass is 358 g/mol. The van der Waals surface area contributed by atoms with Gasteiger partial charge >= 0.3 is 11.3 Å². The molecule has 0 radical (unpaired) electrons. The van der Waals surface area contributed by atoms with E-state index in [9.17, 15) is 9.59 Å². The fourth-order valence-corrected chi connectivity index (χ4v) is 2.61. The lowest BCUT2D eigenvalue weighted by molar-refractivity contribution is 0.482. The minimum Gasteiger partial charge on any atom is -0.457 e. The van der Waals surface area contributed by atoms with E-state index in [0.717, 1.165) is 22.3 Å². The average molecular weight is 358 g/mol. The Balaban J connectivity index is 1.49. The molecule has 4 rings (SSSR count). The predicted molar refractivity (Wildman–Crippen MR) is 101 cm³/mol. The summed E-state index contributed by atoms with van der Waals surface area (Å²) in [5.74, 6) is 1.38. The third-order valence-corrected chi connectivity index (χ3v) is 4.01. The summed E-state index contributed by atoms with van der Waals surface area (Å²) in [6, 6.07) is 21.2. The lowest BCUT2D eigenvalue weighted by Gasteiger charge is -2.08. The largest absolute Gasteiger partial charge is 0.457 e. The van der Waals surface area contributed by atoms with Crippen LogP contribution in [-0.4, -0.2) is 0 Å². The van der Waals surface area contributed by atoms with Crippen LogP contribution in [-0.2, 0) is 0 Å². The first-order valence-electron chi connectivity index (χ1n) is 8.24. The molecule has 5 nitrogen and oxygen atoms in total. The van der Waals surface area contributed by atoms with Crippen LogP contribution < -0.4 is 16.0 Å². The van der Waals surface area contributed by atoms with Crippen LogP contribution in [0.5, 0.6) is 11.5 Å². The van der Waals surface area contributed by atoms with Gasteiger partial charge in [0.2, 0.25) is 0 Å². The molecule has 0 N–H and O–H groups in total. The Morgan fingerprint density at radius 1 is 0.481 bits per heavy atom. The number of rotatable bonds is 4. The first-order chi connectivity index (χ1) is 13.2. The molecular weight excluding hydrogens is 344 g/mol. The highest BCUT2D eigenvalue weighted by Gasteiger charge is 2.03. The molecule has 0 fully saturated rings. The number of hydrogen-bond acceptors (Lipinski definition) is 5. The first kappa shape index (κ1) is 16.6. The highest BCUT2D eigenvalue weighted by molar-refractivity contribution is 5.64. The van der Waals surface area contributed by atoms with Gasteiger partial charge in [-0.2, -0.15) is 0 Å². The Morgan fingerprint density at radius 3 is 1.19 bits per heavy atom. The normalized spacial score (nSPS) is 10.5. The molecule has 27 heavy (non-hydrogen) atoms. The lowest BCUT2D eigenvalue weighted by atomic mass is 10.1. The zero-order valence-electron chi connectivity index (χ0n) is 14.1. The molecule has 0 saturated heterocycles. The van der Waals surface area contributed by atoms with Crippen molar-refractivity contribution in [1.29, 1.82) is 0 Å². The van der Waals surface area contributed by atoms with E-state index in [4.69, 9.17) is 13.6 Å². The van der Waals surface area contributed by atoms with Gasteiger partial charge in [0.1, 0.15) is 24.0 Å². The van der Waals surface area contributed by atoms with Gasteiger partial charge in [-0.1, -0.05) is 24.3 Å². The van der Waals surface area contributed by atoms with Crippen LogP contribution in [0, 0.1) is 0 Å². The molecule has 2 aromatic carbocycles. The second-order valence-electron chi connectivity index (χ2n) is 5.84. The molecule has 0 unspecified atom stereocenters. The van der Waals surface area contributed by atoms with Gasteiger partial charge in [-0.25, -0.2) is 9.59 Å². The summed E-state index contributed by atoms with van der Waals surface area (Å²) in [6.45, 7) is 0. The molecule has 0 aliphatic carbocycles.